The van der Waals surface area contributed by atoms with Crippen molar-refractivity contribution >= 4 is 55.1 Å². The van der Waals surface area contributed by atoms with E-state index in [1.54, 1.807) is 0 Å². The maximum atomic E-state index is 14.0. The Kier molecular flexibility index (Phi) is 11.1. The second kappa shape index (κ2) is 14.1. The van der Waals surface area contributed by atoms with Gasteiger partial charge in [0.05, 0.1) is 17.0 Å². The molecule has 0 spiro atoms. The fraction of sp³-hybridized carbons (Fsp3) is 0.310. The van der Waals surface area contributed by atoms with E-state index in [0.29, 0.717) is 6.54 Å². The highest BCUT2D eigenvalue weighted by atomic mass is 79.9. The number of carbonyl (C=O) groups is 2. The molecule has 7 nitrogen and oxygen atoms in total. The maximum absolute atomic E-state index is 14.0. The summed E-state index contributed by atoms with van der Waals surface area (Å²) in [5.74, 6) is -1.49. The molecule has 214 valence electrons. The number of nitrogens with zero attached hydrogens (tertiary/aromatic N) is 2. The first kappa shape index (κ1) is 31.6. The second-order valence-electron chi connectivity index (χ2n) is 9.86. The monoisotopic (exact) mass is 651 g/mol. The highest BCUT2D eigenvalue weighted by Crippen LogP contribution is 2.25. The largest absolute Gasteiger partial charge is 0.354 e. The Balaban J connectivity index is 2.05. The molecule has 0 saturated carbocycles. The van der Waals surface area contributed by atoms with Crippen LogP contribution in [0.3, 0.4) is 0 Å². The van der Waals surface area contributed by atoms with Crippen LogP contribution in [0.2, 0.25) is 5.02 Å². The molecule has 2 amide bonds. The second-order valence-corrected chi connectivity index (χ2v) is 13.1. The number of hydrogen-bond donors (Lipinski definition) is 1. The first-order valence-corrected chi connectivity index (χ1v) is 15.7. The summed E-state index contributed by atoms with van der Waals surface area (Å²) in [5, 5.41) is 2.65. The van der Waals surface area contributed by atoms with Crippen molar-refractivity contribution < 1.29 is 22.4 Å². The van der Waals surface area contributed by atoms with Crippen molar-refractivity contribution in [3.05, 3.63) is 99.2 Å². The molecule has 3 rings (SSSR count). The van der Waals surface area contributed by atoms with E-state index >= 15 is 0 Å². The lowest BCUT2D eigenvalue weighted by Gasteiger charge is -2.33. The van der Waals surface area contributed by atoms with Gasteiger partial charge >= 0.3 is 0 Å². The van der Waals surface area contributed by atoms with Crippen LogP contribution in [0.25, 0.3) is 0 Å². The molecule has 3 aromatic rings. The van der Waals surface area contributed by atoms with Crippen molar-refractivity contribution in [2.45, 2.75) is 32.9 Å². The molecule has 1 atom stereocenters. The summed E-state index contributed by atoms with van der Waals surface area (Å²) in [5.41, 5.74) is 1.63. The molecule has 0 unspecified atom stereocenters. The molecule has 0 fully saturated rings. The zero-order valence-corrected chi connectivity index (χ0v) is 25.6. The van der Waals surface area contributed by atoms with Gasteiger partial charge < -0.3 is 10.2 Å². The first-order valence-electron chi connectivity index (χ1n) is 12.6. The highest BCUT2D eigenvalue weighted by molar-refractivity contribution is 9.10. The van der Waals surface area contributed by atoms with E-state index in [1.165, 1.54) is 11.0 Å². The lowest BCUT2D eigenvalue weighted by atomic mass is 10.0. The third-order valence-electron chi connectivity index (χ3n) is 6.09. The van der Waals surface area contributed by atoms with E-state index in [0.717, 1.165) is 38.3 Å². The molecule has 40 heavy (non-hydrogen) atoms. The smallest absolute Gasteiger partial charge is 0.244 e. The van der Waals surface area contributed by atoms with Crippen LogP contribution >= 0.6 is 27.5 Å². The molecule has 0 bridgehead atoms. The molecule has 0 radical (unpaired) electrons. The highest BCUT2D eigenvalue weighted by Gasteiger charge is 2.33. The molecule has 0 aliphatic carbocycles. The van der Waals surface area contributed by atoms with Crippen molar-refractivity contribution in [1.82, 2.24) is 10.2 Å². The van der Waals surface area contributed by atoms with Crippen LogP contribution in [-0.2, 0) is 32.6 Å². The van der Waals surface area contributed by atoms with Crippen molar-refractivity contribution in [2.24, 2.45) is 5.92 Å². The standard InChI is InChI=1S/C29H32BrClFN3O4S/c1-20(2)17-33-29(37)27(15-21-7-5-4-6-8-21)34(18-22-9-11-23(30)12-10-22)28(36)19-35(40(3,38)39)24-13-14-26(32)25(31)16-24/h4-14,16,20,27H,15,17-19H2,1-3H3,(H,33,37)/t27-/m1/s1. The van der Waals surface area contributed by atoms with Crippen molar-refractivity contribution in [1.29, 1.82) is 0 Å². The number of anilines is 1. The van der Waals surface area contributed by atoms with E-state index in [1.807, 2.05) is 68.4 Å². The van der Waals surface area contributed by atoms with E-state index in [9.17, 15) is 22.4 Å². The Bertz CT molecular complexity index is 1420. The minimum atomic E-state index is -3.98. The molecule has 0 aromatic heterocycles. The summed E-state index contributed by atoms with van der Waals surface area (Å²) in [6, 6.07) is 19.1. The predicted molar refractivity (Wildman–Crippen MR) is 160 cm³/mol. The average molecular weight is 653 g/mol. The summed E-state index contributed by atoms with van der Waals surface area (Å²) < 4.78 is 41.1. The number of benzene rings is 3. The number of nitrogens with one attached hydrogen (secondary N) is 1. The van der Waals surface area contributed by atoms with Crippen LogP contribution in [0.15, 0.2) is 77.3 Å². The molecule has 0 aliphatic rings. The van der Waals surface area contributed by atoms with E-state index < -0.39 is 34.3 Å². The Morgan fingerprint density at radius 1 is 1.00 bits per heavy atom. The molecule has 0 aliphatic heterocycles. The van der Waals surface area contributed by atoms with Crippen LogP contribution in [0.5, 0.6) is 0 Å². The summed E-state index contributed by atoms with van der Waals surface area (Å²) in [4.78, 5) is 29.0. The van der Waals surface area contributed by atoms with Gasteiger partial charge in [-0.25, -0.2) is 12.8 Å². The van der Waals surface area contributed by atoms with Crippen LogP contribution in [0.4, 0.5) is 10.1 Å². The van der Waals surface area contributed by atoms with E-state index in [2.05, 4.69) is 21.2 Å². The number of hydrogen-bond acceptors (Lipinski definition) is 4. The summed E-state index contributed by atoms with van der Waals surface area (Å²) in [7, 11) is -3.98. The van der Waals surface area contributed by atoms with Gasteiger partial charge in [-0.3, -0.25) is 13.9 Å². The lowest BCUT2D eigenvalue weighted by Crippen LogP contribution is -2.53. The van der Waals surface area contributed by atoms with Gasteiger partial charge in [0.2, 0.25) is 21.8 Å². The lowest BCUT2D eigenvalue weighted by molar-refractivity contribution is -0.140. The van der Waals surface area contributed by atoms with Gasteiger partial charge in [-0.05, 0) is 47.4 Å². The SMILES string of the molecule is CC(C)CNC(=O)[C@@H](Cc1ccccc1)N(Cc1ccc(Br)cc1)C(=O)CN(c1ccc(F)c(Cl)c1)S(C)(=O)=O. The Morgan fingerprint density at radius 3 is 2.23 bits per heavy atom. The van der Waals surface area contributed by atoms with Crippen molar-refractivity contribution in [2.75, 3.05) is 23.7 Å². The van der Waals surface area contributed by atoms with Gasteiger partial charge in [-0.15, -0.1) is 0 Å². The average Bonchev–Trinajstić information content (AvgIpc) is 2.90. The normalized spacial score (nSPS) is 12.2. The number of rotatable bonds is 12. The maximum Gasteiger partial charge on any atom is 0.244 e. The van der Waals surface area contributed by atoms with E-state index in [-0.39, 0.29) is 35.5 Å². The third kappa shape index (κ3) is 9.04. The zero-order valence-electron chi connectivity index (χ0n) is 22.5. The number of carbonyl (C=O) groups excluding carboxylic acids is 2. The van der Waals surface area contributed by atoms with Crippen LogP contribution in [0.1, 0.15) is 25.0 Å². The summed E-state index contributed by atoms with van der Waals surface area (Å²) in [6.07, 6.45) is 1.17. The Labute approximate surface area is 248 Å². The number of amides is 2. The minimum Gasteiger partial charge on any atom is -0.354 e. The summed E-state index contributed by atoms with van der Waals surface area (Å²) in [6.45, 7) is 3.79. The summed E-state index contributed by atoms with van der Waals surface area (Å²) >= 11 is 9.33. The Morgan fingerprint density at radius 2 is 1.65 bits per heavy atom. The van der Waals surface area contributed by atoms with Gasteiger partial charge in [-0.2, -0.15) is 0 Å². The molecule has 1 N–H and O–H groups in total. The predicted octanol–water partition coefficient (Wildman–Crippen LogP) is 5.42. The van der Waals surface area contributed by atoms with Crippen LogP contribution in [-0.4, -0.2) is 50.5 Å². The first-order chi connectivity index (χ1) is 18.8. The van der Waals surface area contributed by atoms with Crippen molar-refractivity contribution in [3.63, 3.8) is 0 Å². The quantitative estimate of drug-likeness (QED) is 0.283. The zero-order chi connectivity index (χ0) is 29.4. The topological polar surface area (TPSA) is 86.8 Å². The molecule has 0 heterocycles. The van der Waals surface area contributed by atoms with Crippen molar-refractivity contribution in [3.8, 4) is 0 Å². The number of sulfonamides is 1. The van der Waals surface area contributed by atoms with Crippen LogP contribution < -0.4 is 9.62 Å². The molecular weight excluding hydrogens is 621 g/mol. The van der Waals surface area contributed by atoms with Gasteiger partial charge in [0.25, 0.3) is 0 Å². The fourth-order valence-electron chi connectivity index (χ4n) is 4.02. The third-order valence-corrected chi connectivity index (χ3v) is 8.05. The Hall–Kier alpha value is -2.95. The molecular formula is C29H32BrClFN3O4S. The van der Waals surface area contributed by atoms with Gasteiger partial charge in [-0.1, -0.05) is 83.8 Å². The van der Waals surface area contributed by atoms with E-state index in [4.69, 9.17) is 11.6 Å². The number of halogens is 3. The molecule has 0 saturated heterocycles. The van der Waals surface area contributed by atoms with Crippen LogP contribution in [0, 0.1) is 11.7 Å². The minimum absolute atomic E-state index is 0.0368. The fourth-order valence-corrected chi connectivity index (χ4v) is 5.30. The van der Waals surface area contributed by atoms with Gasteiger partial charge in [0, 0.05) is 24.0 Å². The molecule has 3 aromatic carbocycles. The molecule has 11 heteroatoms. The van der Waals surface area contributed by atoms with Gasteiger partial charge in [0.1, 0.15) is 18.4 Å². The van der Waals surface area contributed by atoms with Gasteiger partial charge in [0.15, 0.2) is 0 Å².